The third-order valence-electron chi connectivity index (χ3n) is 5.20. The summed E-state index contributed by atoms with van der Waals surface area (Å²) in [5.74, 6) is -0.607. The zero-order valence-electron chi connectivity index (χ0n) is 14.9. The molecule has 1 unspecified atom stereocenters. The van der Waals surface area contributed by atoms with E-state index in [1.54, 1.807) is 24.0 Å². The molecule has 7 heteroatoms. The lowest BCUT2D eigenvalue weighted by atomic mass is 9.90. The Morgan fingerprint density at radius 3 is 2.46 bits per heavy atom. The van der Waals surface area contributed by atoms with Crippen molar-refractivity contribution >= 4 is 29.5 Å². The Morgan fingerprint density at radius 2 is 1.81 bits per heavy atom. The molecule has 0 radical (unpaired) electrons. The van der Waals surface area contributed by atoms with Gasteiger partial charge in [0.25, 0.3) is 5.91 Å². The molecule has 1 atom stereocenters. The van der Waals surface area contributed by atoms with Gasteiger partial charge in [-0.15, -0.1) is 11.8 Å². The number of benzene rings is 1. The van der Waals surface area contributed by atoms with Gasteiger partial charge in [0.05, 0.1) is 16.7 Å². The minimum Gasteiger partial charge on any atom is -0.481 e. The van der Waals surface area contributed by atoms with E-state index in [1.165, 1.54) is 11.8 Å². The first kappa shape index (κ1) is 18.8. The molecular weight excluding hydrogens is 352 g/mol. The fraction of sp³-hybridized carbons (Fsp3) is 0.526. The van der Waals surface area contributed by atoms with E-state index in [9.17, 15) is 19.5 Å². The number of thioether (sulfide) groups is 1. The van der Waals surface area contributed by atoms with Crippen LogP contribution in [0.1, 0.15) is 36.5 Å². The van der Waals surface area contributed by atoms with Crippen molar-refractivity contribution in [1.29, 1.82) is 0 Å². The van der Waals surface area contributed by atoms with Crippen LogP contribution >= 0.6 is 11.8 Å². The first-order valence-electron chi connectivity index (χ1n) is 8.93. The number of carbonyl (C=O) groups excluding carboxylic acids is 2. The smallest absolute Gasteiger partial charge is 0.311 e. The van der Waals surface area contributed by atoms with Gasteiger partial charge in [-0.2, -0.15) is 0 Å². The third kappa shape index (κ3) is 3.87. The van der Waals surface area contributed by atoms with Gasteiger partial charge in [-0.25, -0.2) is 0 Å². The predicted molar refractivity (Wildman–Crippen MR) is 99.2 cm³/mol. The predicted octanol–water partition coefficient (Wildman–Crippen LogP) is 2.34. The summed E-state index contributed by atoms with van der Waals surface area (Å²) in [5, 5.41) is 9.36. The lowest BCUT2D eigenvalue weighted by Crippen LogP contribution is -2.35. The fourth-order valence-corrected chi connectivity index (χ4v) is 4.39. The Labute approximate surface area is 157 Å². The SMILES string of the molecule is CC1(C(=O)O)CCN(C(=O)c2ccccc2SCC(=O)N2CCCC2)C1. The highest BCUT2D eigenvalue weighted by atomic mass is 32.2. The first-order chi connectivity index (χ1) is 12.4. The lowest BCUT2D eigenvalue weighted by Gasteiger charge is -2.21. The van der Waals surface area contributed by atoms with Crippen LogP contribution in [0.5, 0.6) is 0 Å². The highest BCUT2D eigenvalue weighted by Gasteiger charge is 2.42. The molecule has 1 N–H and O–H groups in total. The van der Waals surface area contributed by atoms with Gasteiger partial charge >= 0.3 is 5.97 Å². The van der Waals surface area contributed by atoms with Crippen LogP contribution in [-0.4, -0.2) is 64.6 Å². The number of amides is 2. The number of hydrogen-bond acceptors (Lipinski definition) is 4. The van der Waals surface area contributed by atoms with Crippen LogP contribution in [-0.2, 0) is 9.59 Å². The number of likely N-dealkylation sites (tertiary alicyclic amines) is 2. The number of hydrogen-bond donors (Lipinski definition) is 1. The maximum Gasteiger partial charge on any atom is 0.311 e. The van der Waals surface area contributed by atoms with E-state index < -0.39 is 11.4 Å². The summed E-state index contributed by atoms with van der Waals surface area (Å²) in [5.41, 5.74) is -0.343. The monoisotopic (exact) mass is 376 g/mol. The van der Waals surface area contributed by atoms with E-state index in [-0.39, 0.29) is 18.4 Å². The summed E-state index contributed by atoms with van der Waals surface area (Å²) < 4.78 is 0. The Balaban J connectivity index is 1.68. The van der Waals surface area contributed by atoms with Crippen molar-refractivity contribution in [1.82, 2.24) is 9.80 Å². The number of aliphatic carboxylic acids is 1. The second kappa shape index (κ2) is 7.70. The minimum atomic E-state index is -0.885. The molecule has 2 amide bonds. The summed E-state index contributed by atoms with van der Waals surface area (Å²) in [4.78, 5) is 40.8. The number of carbonyl (C=O) groups is 3. The van der Waals surface area contributed by atoms with Crippen LogP contribution in [0.3, 0.4) is 0 Å². The van der Waals surface area contributed by atoms with Gasteiger partial charge in [-0.05, 0) is 38.3 Å². The van der Waals surface area contributed by atoms with Crippen LogP contribution in [0.15, 0.2) is 29.2 Å². The number of carboxylic acids is 1. The lowest BCUT2D eigenvalue weighted by molar-refractivity contribution is -0.147. The number of carboxylic acid groups (broad SMARTS) is 1. The number of nitrogens with zero attached hydrogens (tertiary/aromatic N) is 2. The molecule has 0 bridgehead atoms. The summed E-state index contributed by atoms with van der Waals surface area (Å²) >= 11 is 1.38. The summed E-state index contributed by atoms with van der Waals surface area (Å²) in [6.45, 7) is 3.97. The molecule has 2 aliphatic heterocycles. The molecule has 3 rings (SSSR count). The van der Waals surface area contributed by atoms with Gasteiger partial charge in [-0.1, -0.05) is 12.1 Å². The average molecular weight is 376 g/mol. The summed E-state index contributed by atoms with van der Waals surface area (Å²) in [7, 11) is 0. The largest absolute Gasteiger partial charge is 0.481 e. The van der Waals surface area contributed by atoms with Gasteiger partial charge in [0.1, 0.15) is 0 Å². The van der Waals surface area contributed by atoms with E-state index in [1.807, 2.05) is 17.0 Å². The highest BCUT2D eigenvalue weighted by Crippen LogP contribution is 2.32. The van der Waals surface area contributed by atoms with Crippen LogP contribution < -0.4 is 0 Å². The van der Waals surface area contributed by atoms with Crippen molar-refractivity contribution < 1.29 is 19.5 Å². The Morgan fingerprint density at radius 1 is 1.12 bits per heavy atom. The van der Waals surface area contributed by atoms with E-state index in [0.717, 1.165) is 30.8 Å². The quantitative estimate of drug-likeness (QED) is 0.798. The molecule has 2 aliphatic rings. The van der Waals surface area contributed by atoms with Gasteiger partial charge in [-0.3, -0.25) is 14.4 Å². The van der Waals surface area contributed by atoms with Crippen molar-refractivity contribution in [2.45, 2.75) is 31.1 Å². The van der Waals surface area contributed by atoms with Gasteiger partial charge < -0.3 is 14.9 Å². The van der Waals surface area contributed by atoms with E-state index in [4.69, 9.17) is 0 Å². The van der Waals surface area contributed by atoms with Crippen LogP contribution in [0.25, 0.3) is 0 Å². The molecular formula is C19H24N2O4S. The molecule has 140 valence electrons. The van der Waals surface area contributed by atoms with Crippen molar-refractivity contribution in [3.8, 4) is 0 Å². The normalized spacial score (nSPS) is 22.7. The maximum atomic E-state index is 12.9. The molecule has 1 aromatic carbocycles. The molecule has 0 aromatic heterocycles. The first-order valence-corrected chi connectivity index (χ1v) is 9.91. The molecule has 2 saturated heterocycles. The van der Waals surface area contributed by atoms with E-state index in [2.05, 4.69) is 0 Å². The molecule has 26 heavy (non-hydrogen) atoms. The topological polar surface area (TPSA) is 77.9 Å². The Hall–Kier alpha value is -2.02. The zero-order valence-corrected chi connectivity index (χ0v) is 15.8. The molecule has 0 saturated carbocycles. The maximum absolute atomic E-state index is 12.9. The molecule has 0 aliphatic carbocycles. The molecule has 2 heterocycles. The van der Waals surface area contributed by atoms with Crippen LogP contribution in [0.4, 0.5) is 0 Å². The van der Waals surface area contributed by atoms with E-state index >= 15 is 0 Å². The van der Waals surface area contributed by atoms with Gasteiger partial charge in [0.2, 0.25) is 5.91 Å². The standard InChI is InChI=1S/C19H24N2O4S/c1-19(18(24)25)8-11-21(13-19)17(23)14-6-2-3-7-15(14)26-12-16(22)20-9-4-5-10-20/h2-3,6-7H,4-5,8-13H2,1H3,(H,24,25). The Kier molecular flexibility index (Phi) is 5.55. The molecule has 6 nitrogen and oxygen atoms in total. The van der Waals surface area contributed by atoms with Crippen LogP contribution in [0, 0.1) is 5.41 Å². The average Bonchev–Trinajstić information content (AvgIpc) is 3.30. The molecule has 1 aromatic rings. The van der Waals surface area contributed by atoms with Gasteiger partial charge in [0, 0.05) is 31.1 Å². The van der Waals surface area contributed by atoms with Crippen molar-refractivity contribution in [3.05, 3.63) is 29.8 Å². The third-order valence-corrected chi connectivity index (χ3v) is 6.26. The fourth-order valence-electron chi connectivity index (χ4n) is 3.45. The van der Waals surface area contributed by atoms with E-state index in [0.29, 0.717) is 24.3 Å². The number of rotatable bonds is 5. The van der Waals surface area contributed by atoms with Crippen LogP contribution in [0.2, 0.25) is 0 Å². The molecule has 2 fully saturated rings. The highest BCUT2D eigenvalue weighted by molar-refractivity contribution is 8.00. The second-order valence-corrected chi connectivity index (χ2v) is 8.23. The molecule has 0 spiro atoms. The van der Waals surface area contributed by atoms with Crippen molar-refractivity contribution in [2.24, 2.45) is 5.41 Å². The second-order valence-electron chi connectivity index (χ2n) is 7.22. The van der Waals surface area contributed by atoms with Crippen molar-refractivity contribution in [3.63, 3.8) is 0 Å². The minimum absolute atomic E-state index is 0.106. The van der Waals surface area contributed by atoms with Crippen molar-refractivity contribution in [2.75, 3.05) is 31.9 Å². The summed E-state index contributed by atoms with van der Waals surface area (Å²) in [6.07, 6.45) is 2.57. The van der Waals surface area contributed by atoms with Gasteiger partial charge in [0.15, 0.2) is 0 Å². The Bertz CT molecular complexity index is 717. The zero-order chi connectivity index (χ0) is 18.7. The summed E-state index contributed by atoms with van der Waals surface area (Å²) in [6, 6.07) is 7.25.